The highest BCUT2D eigenvalue weighted by atomic mass is 15.3. The standard InChI is InChI=1S/C12H16N2/c1-2-4-11(5-3-1)14-9-7-12(14)6-8-13-10-12/h1-5,13H,6-10H2/t12-/m1/s1. The maximum absolute atomic E-state index is 3.47. The number of benzene rings is 1. The summed E-state index contributed by atoms with van der Waals surface area (Å²) < 4.78 is 0. The third-order valence-corrected chi connectivity index (χ3v) is 3.66. The molecule has 3 rings (SSSR count). The largest absolute Gasteiger partial charge is 0.364 e. The number of rotatable bonds is 1. The van der Waals surface area contributed by atoms with Crippen molar-refractivity contribution in [2.75, 3.05) is 24.5 Å². The molecular formula is C12H16N2. The molecule has 1 N–H and O–H groups in total. The molecule has 1 atom stereocenters. The minimum absolute atomic E-state index is 0.460. The molecular weight excluding hydrogens is 172 g/mol. The van der Waals surface area contributed by atoms with Crippen LogP contribution in [0.25, 0.3) is 0 Å². The van der Waals surface area contributed by atoms with E-state index in [2.05, 4.69) is 40.5 Å². The van der Waals surface area contributed by atoms with Crippen molar-refractivity contribution in [3.63, 3.8) is 0 Å². The molecule has 0 radical (unpaired) electrons. The molecule has 2 fully saturated rings. The Morgan fingerprint density at radius 3 is 2.57 bits per heavy atom. The van der Waals surface area contributed by atoms with E-state index >= 15 is 0 Å². The molecule has 74 valence electrons. The normalized spacial score (nSPS) is 30.7. The summed E-state index contributed by atoms with van der Waals surface area (Å²) in [4.78, 5) is 2.56. The smallest absolute Gasteiger partial charge is 0.0555 e. The van der Waals surface area contributed by atoms with Gasteiger partial charge in [-0.3, -0.25) is 0 Å². The number of nitrogens with one attached hydrogen (secondary N) is 1. The zero-order valence-electron chi connectivity index (χ0n) is 8.37. The summed E-state index contributed by atoms with van der Waals surface area (Å²) >= 11 is 0. The van der Waals surface area contributed by atoms with Crippen LogP contribution in [0.4, 0.5) is 5.69 Å². The number of nitrogens with zero attached hydrogens (tertiary/aromatic N) is 1. The summed E-state index contributed by atoms with van der Waals surface area (Å²) in [6, 6.07) is 10.8. The van der Waals surface area contributed by atoms with Crippen molar-refractivity contribution in [2.45, 2.75) is 18.4 Å². The summed E-state index contributed by atoms with van der Waals surface area (Å²) in [6.45, 7) is 3.58. The number of anilines is 1. The molecule has 1 spiro atoms. The van der Waals surface area contributed by atoms with Crippen molar-refractivity contribution >= 4 is 5.69 Å². The molecule has 0 amide bonds. The highest BCUT2D eigenvalue weighted by molar-refractivity contribution is 5.52. The predicted octanol–water partition coefficient (Wildman–Crippen LogP) is 1.63. The van der Waals surface area contributed by atoms with Gasteiger partial charge in [0.05, 0.1) is 5.54 Å². The lowest BCUT2D eigenvalue weighted by Crippen LogP contribution is -2.61. The van der Waals surface area contributed by atoms with Crippen LogP contribution in [0.1, 0.15) is 12.8 Å². The molecule has 1 aromatic carbocycles. The minimum Gasteiger partial charge on any atom is -0.364 e. The third kappa shape index (κ3) is 1.07. The average molecular weight is 188 g/mol. The monoisotopic (exact) mass is 188 g/mol. The molecule has 14 heavy (non-hydrogen) atoms. The fourth-order valence-corrected chi connectivity index (χ4v) is 2.73. The van der Waals surface area contributed by atoms with Gasteiger partial charge in [0.2, 0.25) is 0 Å². The van der Waals surface area contributed by atoms with Gasteiger partial charge >= 0.3 is 0 Å². The Hall–Kier alpha value is -1.02. The van der Waals surface area contributed by atoms with Crippen LogP contribution in [-0.4, -0.2) is 25.2 Å². The molecule has 2 aliphatic rings. The lowest BCUT2D eigenvalue weighted by Gasteiger charge is -2.52. The van der Waals surface area contributed by atoms with Gasteiger partial charge in [0, 0.05) is 18.8 Å². The van der Waals surface area contributed by atoms with E-state index in [9.17, 15) is 0 Å². The Morgan fingerprint density at radius 1 is 1.14 bits per heavy atom. The SMILES string of the molecule is c1ccc(N2CC[C@@]23CCNC3)cc1. The van der Waals surface area contributed by atoms with Crippen molar-refractivity contribution in [3.05, 3.63) is 30.3 Å². The first-order chi connectivity index (χ1) is 6.91. The van der Waals surface area contributed by atoms with Gasteiger partial charge in [0.25, 0.3) is 0 Å². The fraction of sp³-hybridized carbons (Fsp3) is 0.500. The van der Waals surface area contributed by atoms with Gasteiger partial charge in [-0.15, -0.1) is 0 Å². The van der Waals surface area contributed by atoms with Gasteiger partial charge in [0.1, 0.15) is 0 Å². The van der Waals surface area contributed by atoms with Crippen molar-refractivity contribution in [1.29, 1.82) is 0 Å². The molecule has 0 aromatic heterocycles. The van der Waals surface area contributed by atoms with Crippen LogP contribution in [0.2, 0.25) is 0 Å². The summed E-state index contributed by atoms with van der Waals surface area (Å²) in [5.74, 6) is 0. The summed E-state index contributed by atoms with van der Waals surface area (Å²) in [7, 11) is 0. The first-order valence-electron chi connectivity index (χ1n) is 5.44. The first kappa shape index (κ1) is 8.30. The molecule has 0 aliphatic carbocycles. The van der Waals surface area contributed by atoms with Crippen molar-refractivity contribution < 1.29 is 0 Å². The second kappa shape index (κ2) is 2.99. The van der Waals surface area contributed by atoms with Gasteiger partial charge < -0.3 is 10.2 Å². The molecule has 1 aromatic rings. The van der Waals surface area contributed by atoms with E-state index in [1.807, 2.05) is 0 Å². The van der Waals surface area contributed by atoms with Crippen molar-refractivity contribution in [3.8, 4) is 0 Å². The van der Waals surface area contributed by atoms with Crippen LogP contribution >= 0.6 is 0 Å². The van der Waals surface area contributed by atoms with Crippen LogP contribution in [0.3, 0.4) is 0 Å². The van der Waals surface area contributed by atoms with E-state index in [-0.39, 0.29) is 0 Å². The topological polar surface area (TPSA) is 15.3 Å². The van der Waals surface area contributed by atoms with E-state index < -0.39 is 0 Å². The second-order valence-corrected chi connectivity index (χ2v) is 4.39. The zero-order valence-corrected chi connectivity index (χ0v) is 8.37. The molecule has 2 saturated heterocycles. The van der Waals surface area contributed by atoms with Gasteiger partial charge in [-0.2, -0.15) is 0 Å². The Bertz CT molecular complexity index is 314. The van der Waals surface area contributed by atoms with Crippen LogP contribution in [0.15, 0.2) is 30.3 Å². The van der Waals surface area contributed by atoms with Gasteiger partial charge in [-0.05, 0) is 31.5 Å². The molecule has 2 nitrogen and oxygen atoms in total. The first-order valence-corrected chi connectivity index (χ1v) is 5.44. The molecule has 2 heteroatoms. The second-order valence-electron chi connectivity index (χ2n) is 4.39. The fourth-order valence-electron chi connectivity index (χ4n) is 2.73. The Morgan fingerprint density at radius 2 is 2.00 bits per heavy atom. The maximum Gasteiger partial charge on any atom is 0.0555 e. The highest BCUT2D eigenvalue weighted by Gasteiger charge is 2.46. The van der Waals surface area contributed by atoms with E-state index in [1.165, 1.54) is 38.2 Å². The summed E-state index contributed by atoms with van der Waals surface area (Å²) in [5, 5.41) is 3.47. The van der Waals surface area contributed by atoms with E-state index in [4.69, 9.17) is 0 Å². The quantitative estimate of drug-likeness (QED) is 0.720. The molecule has 0 bridgehead atoms. The van der Waals surface area contributed by atoms with E-state index in [1.54, 1.807) is 0 Å². The number of hydrogen-bond acceptors (Lipinski definition) is 2. The van der Waals surface area contributed by atoms with Crippen LogP contribution in [0, 0.1) is 0 Å². The molecule has 2 heterocycles. The third-order valence-electron chi connectivity index (χ3n) is 3.66. The highest BCUT2D eigenvalue weighted by Crippen LogP contribution is 2.39. The predicted molar refractivity (Wildman–Crippen MR) is 58.6 cm³/mol. The molecule has 0 saturated carbocycles. The number of para-hydroxylation sites is 1. The lowest BCUT2D eigenvalue weighted by atomic mass is 9.83. The average Bonchev–Trinajstić information content (AvgIpc) is 2.68. The Kier molecular flexibility index (Phi) is 1.77. The van der Waals surface area contributed by atoms with Crippen molar-refractivity contribution in [1.82, 2.24) is 5.32 Å². The van der Waals surface area contributed by atoms with Gasteiger partial charge in [0.15, 0.2) is 0 Å². The van der Waals surface area contributed by atoms with Crippen LogP contribution in [-0.2, 0) is 0 Å². The minimum atomic E-state index is 0.460. The lowest BCUT2D eigenvalue weighted by molar-refractivity contribution is 0.301. The van der Waals surface area contributed by atoms with Gasteiger partial charge in [-0.1, -0.05) is 18.2 Å². The van der Waals surface area contributed by atoms with Crippen LogP contribution < -0.4 is 10.2 Å². The number of hydrogen-bond donors (Lipinski definition) is 1. The van der Waals surface area contributed by atoms with E-state index in [0.29, 0.717) is 5.54 Å². The Balaban J connectivity index is 1.87. The van der Waals surface area contributed by atoms with Crippen molar-refractivity contribution in [2.24, 2.45) is 0 Å². The molecule has 0 unspecified atom stereocenters. The van der Waals surface area contributed by atoms with Crippen LogP contribution in [0.5, 0.6) is 0 Å². The zero-order chi connectivity index (χ0) is 9.43. The summed E-state index contributed by atoms with van der Waals surface area (Å²) in [6.07, 6.45) is 2.66. The summed E-state index contributed by atoms with van der Waals surface area (Å²) in [5.41, 5.74) is 1.85. The Labute approximate surface area is 84.9 Å². The molecule has 2 aliphatic heterocycles. The van der Waals surface area contributed by atoms with Gasteiger partial charge in [-0.25, -0.2) is 0 Å². The maximum atomic E-state index is 3.47. The van der Waals surface area contributed by atoms with E-state index in [0.717, 1.165) is 0 Å².